The molecule has 1 heterocycles. The Morgan fingerprint density at radius 3 is 3.56 bits per heavy atom. The molecule has 0 spiro atoms. The van der Waals surface area contributed by atoms with Gasteiger partial charge in [-0.3, -0.25) is 5.43 Å². The second-order valence-corrected chi connectivity index (χ2v) is 2.10. The summed E-state index contributed by atoms with van der Waals surface area (Å²) in [6.45, 7) is 0. The van der Waals surface area contributed by atoms with E-state index in [0.717, 1.165) is 12.1 Å². The van der Waals surface area contributed by atoms with Gasteiger partial charge >= 0.3 is 0 Å². The third kappa shape index (κ3) is 0.650. The number of hydrogen-bond acceptors (Lipinski definition) is 3. The van der Waals surface area contributed by atoms with Gasteiger partial charge in [-0.15, -0.1) is 0 Å². The minimum Gasteiger partial charge on any atom is -0.262 e. The van der Waals surface area contributed by atoms with E-state index in [9.17, 15) is 0 Å². The Labute approximate surface area is 53.1 Å². The van der Waals surface area contributed by atoms with Crippen LogP contribution in [0.5, 0.6) is 0 Å². The average Bonchev–Trinajstić information content (AvgIpc) is 2.33. The lowest BCUT2D eigenvalue weighted by atomic mass is 10.1. The van der Waals surface area contributed by atoms with Crippen molar-refractivity contribution < 1.29 is 0 Å². The zero-order valence-corrected chi connectivity index (χ0v) is 4.91. The summed E-state index contributed by atoms with van der Waals surface area (Å²) >= 11 is 0. The fourth-order valence-electron chi connectivity index (χ4n) is 0.988. The molecule has 0 radical (unpaired) electrons. The van der Waals surface area contributed by atoms with Crippen LogP contribution in [-0.4, -0.2) is 6.04 Å². The Kier molecular flexibility index (Phi) is 0.886. The SMILES string of the molecule is C1=CC2N=NNC2=CC1. The smallest absolute Gasteiger partial charge is 0.132 e. The molecule has 46 valence electrons. The van der Waals surface area contributed by atoms with Crippen LogP contribution >= 0.6 is 0 Å². The highest BCUT2D eigenvalue weighted by molar-refractivity contribution is 5.23. The second-order valence-electron chi connectivity index (χ2n) is 2.10. The predicted octanol–water partition coefficient (Wildman–Crippen LogP) is 1.17. The Bertz CT molecular complexity index is 202. The molecule has 0 amide bonds. The molecule has 3 heteroatoms. The molecule has 1 unspecified atom stereocenters. The Balaban J connectivity index is 2.29. The van der Waals surface area contributed by atoms with Crippen molar-refractivity contribution >= 4 is 0 Å². The van der Waals surface area contributed by atoms with Gasteiger partial charge in [0.05, 0.1) is 5.70 Å². The molecular weight excluding hydrogens is 114 g/mol. The summed E-state index contributed by atoms with van der Waals surface area (Å²) in [5.41, 5.74) is 3.95. The second kappa shape index (κ2) is 1.69. The van der Waals surface area contributed by atoms with E-state index in [0.29, 0.717) is 0 Å². The largest absolute Gasteiger partial charge is 0.262 e. The van der Waals surface area contributed by atoms with E-state index < -0.39 is 0 Å². The van der Waals surface area contributed by atoms with E-state index in [1.54, 1.807) is 0 Å². The van der Waals surface area contributed by atoms with Crippen LogP contribution in [0, 0.1) is 0 Å². The molecular formula is C6H7N3. The lowest BCUT2D eigenvalue weighted by molar-refractivity contribution is 0.892. The molecule has 0 aromatic carbocycles. The van der Waals surface area contributed by atoms with Gasteiger partial charge in [0.15, 0.2) is 0 Å². The maximum absolute atomic E-state index is 3.92. The van der Waals surface area contributed by atoms with E-state index in [-0.39, 0.29) is 6.04 Å². The van der Waals surface area contributed by atoms with Gasteiger partial charge in [-0.25, -0.2) is 0 Å². The molecule has 0 saturated carbocycles. The maximum atomic E-state index is 3.92. The van der Waals surface area contributed by atoms with Gasteiger partial charge in [-0.05, 0) is 6.42 Å². The average molecular weight is 121 g/mol. The third-order valence-corrected chi connectivity index (χ3v) is 1.47. The molecule has 2 rings (SSSR count). The summed E-state index contributed by atoms with van der Waals surface area (Å²) in [5.74, 6) is 0. The van der Waals surface area contributed by atoms with E-state index in [2.05, 4.69) is 34.0 Å². The number of hydrogen-bond donors (Lipinski definition) is 1. The highest BCUT2D eigenvalue weighted by Gasteiger charge is 2.16. The van der Waals surface area contributed by atoms with Gasteiger partial charge in [-0.1, -0.05) is 23.5 Å². The molecule has 1 aliphatic carbocycles. The summed E-state index contributed by atoms with van der Waals surface area (Å²) in [7, 11) is 0. The van der Waals surface area contributed by atoms with Gasteiger partial charge in [0.25, 0.3) is 0 Å². The fraction of sp³-hybridized carbons (Fsp3) is 0.333. The summed E-state index contributed by atoms with van der Waals surface area (Å²) in [6.07, 6.45) is 7.26. The van der Waals surface area contributed by atoms with Crippen LogP contribution in [0.15, 0.2) is 34.3 Å². The van der Waals surface area contributed by atoms with Gasteiger partial charge in [0.2, 0.25) is 0 Å². The minimum absolute atomic E-state index is 0.193. The van der Waals surface area contributed by atoms with Crippen molar-refractivity contribution in [3.63, 3.8) is 0 Å². The van der Waals surface area contributed by atoms with Crippen molar-refractivity contribution in [2.75, 3.05) is 0 Å². The lowest BCUT2D eigenvalue weighted by Crippen LogP contribution is -2.10. The molecule has 1 atom stereocenters. The van der Waals surface area contributed by atoms with Crippen molar-refractivity contribution in [1.82, 2.24) is 5.43 Å². The van der Waals surface area contributed by atoms with Crippen LogP contribution < -0.4 is 5.43 Å². The number of rotatable bonds is 0. The Morgan fingerprint density at radius 1 is 1.67 bits per heavy atom. The monoisotopic (exact) mass is 121 g/mol. The van der Waals surface area contributed by atoms with E-state index in [4.69, 9.17) is 0 Å². The number of nitrogens with one attached hydrogen (secondary N) is 1. The van der Waals surface area contributed by atoms with E-state index >= 15 is 0 Å². The first-order valence-corrected chi connectivity index (χ1v) is 2.99. The first-order valence-electron chi connectivity index (χ1n) is 2.99. The molecule has 9 heavy (non-hydrogen) atoms. The predicted molar refractivity (Wildman–Crippen MR) is 33.6 cm³/mol. The molecule has 1 aliphatic heterocycles. The van der Waals surface area contributed by atoms with Crippen molar-refractivity contribution in [2.24, 2.45) is 10.3 Å². The van der Waals surface area contributed by atoms with E-state index in [1.807, 2.05) is 0 Å². The topological polar surface area (TPSA) is 36.8 Å². The zero-order valence-electron chi connectivity index (χ0n) is 4.91. The van der Waals surface area contributed by atoms with Crippen LogP contribution in [0.25, 0.3) is 0 Å². The van der Waals surface area contributed by atoms with Gasteiger partial charge < -0.3 is 0 Å². The zero-order chi connectivity index (χ0) is 6.10. The van der Waals surface area contributed by atoms with Crippen LogP contribution in [-0.2, 0) is 0 Å². The van der Waals surface area contributed by atoms with Crippen molar-refractivity contribution in [1.29, 1.82) is 0 Å². The maximum Gasteiger partial charge on any atom is 0.132 e. The van der Waals surface area contributed by atoms with Crippen molar-refractivity contribution in [3.8, 4) is 0 Å². The van der Waals surface area contributed by atoms with Crippen LogP contribution in [0.1, 0.15) is 6.42 Å². The van der Waals surface area contributed by atoms with Gasteiger partial charge in [0.1, 0.15) is 6.04 Å². The number of allylic oxidation sites excluding steroid dienone is 2. The Morgan fingerprint density at radius 2 is 2.67 bits per heavy atom. The molecule has 0 aromatic heterocycles. The summed E-state index contributed by atoms with van der Waals surface area (Å²) in [4.78, 5) is 0. The van der Waals surface area contributed by atoms with Crippen molar-refractivity contribution in [2.45, 2.75) is 12.5 Å². The molecule has 0 aromatic rings. The van der Waals surface area contributed by atoms with Crippen molar-refractivity contribution in [3.05, 3.63) is 23.9 Å². The minimum atomic E-state index is 0.193. The molecule has 2 aliphatic rings. The van der Waals surface area contributed by atoms with Gasteiger partial charge in [-0.2, -0.15) is 5.11 Å². The Hall–Kier alpha value is -1.12. The highest BCUT2D eigenvalue weighted by Crippen LogP contribution is 2.16. The normalized spacial score (nSPS) is 29.3. The number of fused-ring (bicyclic) bond motifs is 1. The molecule has 0 saturated heterocycles. The first kappa shape index (κ1) is 4.73. The van der Waals surface area contributed by atoms with E-state index in [1.165, 1.54) is 0 Å². The van der Waals surface area contributed by atoms with Crippen LogP contribution in [0.2, 0.25) is 0 Å². The molecule has 3 nitrogen and oxygen atoms in total. The number of nitrogens with zero attached hydrogens (tertiary/aromatic N) is 2. The molecule has 0 bridgehead atoms. The highest BCUT2D eigenvalue weighted by atomic mass is 15.5. The summed E-state index contributed by atoms with van der Waals surface area (Å²) in [6, 6.07) is 0.193. The first-order chi connectivity index (χ1) is 4.47. The van der Waals surface area contributed by atoms with Crippen LogP contribution in [0.3, 0.4) is 0 Å². The third-order valence-electron chi connectivity index (χ3n) is 1.47. The summed E-state index contributed by atoms with van der Waals surface area (Å²) < 4.78 is 0. The van der Waals surface area contributed by atoms with Gasteiger partial charge in [0, 0.05) is 0 Å². The quantitative estimate of drug-likeness (QED) is 0.480. The fourth-order valence-corrected chi connectivity index (χ4v) is 0.988. The standard InChI is InChI=1S/C6H7N3/c1-2-4-6-5(3-1)7-9-8-6/h1,3-5H,2H2,(H,7,8). The lowest BCUT2D eigenvalue weighted by Gasteiger charge is -2.04. The summed E-state index contributed by atoms with van der Waals surface area (Å²) in [5, 5.41) is 7.60. The van der Waals surface area contributed by atoms with Crippen LogP contribution in [0.4, 0.5) is 0 Å². The molecule has 0 fully saturated rings. The molecule has 1 N–H and O–H groups in total.